The molecule has 0 aliphatic rings. The first-order valence-electron chi connectivity index (χ1n) is 6.87. The van der Waals surface area contributed by atoms with Crippen molar-refractivity contribution in [1.82, 2.24) is 15.1 Å². The maximum absolute atomic E-state index is 4.19. The molecule has 0 fully saturated rings. The Morgan fingerprint density at radius 2 is 1.85 bits per heavy atom. The van der Waals surface area contributed by atoms with Crippen LogP contribution in [0.1, 0.15) is 31.9 Å². The van der Waals surface area contributed by atoms with Crippen LogP contribution in [0.2, 0.25) is 0 Å². The van der Waals surface area contributed by atoms with E-state index in [-0.39, 0.29) is 5.54 Å². The molecule has 108 valence electrons. The van der Waals surface area contributed by atoms with Crippen molar-refractivity contribution in [2.45, 2.75) is 43.5 Å². The van der Waals surface area contributed by atoms with Gasteiger partial charge in [0.05, 0.1) is 6.20 Å². The molecule has 1 N–H and O–H groups in total. The Balaban J connectivity index is 1.85. The molecule has 1 heterocycles. The first-order chi connectivity index (χ1) is 9.42. The molecule has 0 unspecified atom stereocenters. The van der Waals surface area contributed by atoms with Crippen LogP contribution in [0.5, 0.6) is 0 Å². The lowest BCUT2D eigenvalue weighted by atomic mass is 10.1. The van der Waals surface area contributed by atoms with Crippen molar-refractivity contribution >= 4 is 11.8 Å². The lowest BCUT2D eigenvalue weighted by Crippen LogP contribution is -2.35. The molecule has 20 heavy (non-hydrogen) atoms. The molecule has 0 saturated heterocycles. The number of aromatic nitrogens is 2. The summed E-state index contributed by atoms with van der Waals surface area (Å²) < 4.78 is 1.84. The Bertz CT molecular complexity index is 538. The number of nitrogens with one attached hydrogen (secondary N) is 1. The van der Waals surface area contributed by atoms with Crippen molar-refractivity contribution in [1.29, 1.82) is 0 Å². The maximum Gasteiger partial charge on any atom is 0.0530 e. The van der Waals surface area contributed by atoms with Crippen LogP contribution in [0.15, 0.2) is 41.6 Å². The van der Waals surface area contributed by atoms with Gasteiger partial charge in [-0.05, 0) is 38.5 Å². The molecule has 0 saturated carbocycles. The zero-order chi connectivity index (χ0) is 14.6. The first-order valence-corrected chi connectivity index (χ1v) is 7.85. The molecule has 0 aliphatic carbocycles. The van der Waals surface area contributed by atoms with Gasteiger partial charge in [0.15, 0.2) is 0 Å². The van der Waals surface area contributed by atoms with Gasteiger partial charge >= 0.3 is 0 Å². The number of benzene rings is 1. The largest absolute Gasteiger partial charge is 0.308 e. The monoisotopic (exact) mass is 289 g/mol. The number of nitrogens with zero attached hydrogens (tertiary/aromatic N) is 2. The van der Waals surface area contributed by atoms with Crippen molar-refractivity contribution in [2.75, 3.05) is 0 Å². The summed E-state index contributed by atoms with van der Waals surface area (Å²) in [6, 6.07) is 8.79. The van der Waals surface area contributed by atoms with Crippen LogP contribution in [0.3, 0.4) is 0 Å². The van der Waals surface area contributed by atoms with Gasteiger partial charge in [-0.1, -0.05) is 12.1 Å². The molecule has 0 spiro atoms. The van der Waals surface area contributed by atoms with E-state index in [1.54, 1.807) is 0 Å². The summed E-state index contributed by atoms with van der Waals surface area (Å²) in [5.74, 6) is 0.966. The second kappa shape index (κ2) is 6.46. The standard InChI is InChI=1S/C16H23N3S/c1-16(2,3)17-9-13-5-7-15(8-6-13)20-12-14-10-18-19(4)11-14/h5-8,10-11,17H,9,12H2,1-4H3. The van der Waals surface area contributed by atoms with E-state index >= 15 is 0 Å². The van der Waals surface area contributed by atoms with Crippen LogP contribution in [0.4, 0.5) is 0 Å². The molecule has 1 aromatic carbocycles. The molecule has 0 aliphatic heterocycles. The smallest absolute Gasteiger partial charge is 0.0530 e. The summed E-state index contributed by atoms with van der Waals surface area (Å²) >= 11 is 1.85. The normalized spacial score (nSPS) is 11.8. The number of aryl methyl sites for hydroxylation is 1. The first kappa shape index (κ1) is 15.1. The van der Waals surface area contributed by atoms with Gasteiger partial charge in [-0.25, -0.2) is 0 Å². The molecule has 4 heteroatoms. The third-order valence-electron chi connectivity index (χ3n) is 2.91. The maximum atomic E-state index is 4.19. The summed E-state index contributed by atoms with van der Waals surface area (Å²) in [6.07, 6.45) is 3.99. The van der Waals surface area contributed by atoms with Crippen molar-refractivity contribution < 1.29 is 0 Å². The fourth-order valence-corrected chi connectivity index (χ4v) is 2.59. The average Bonchev–Trinajstić information content (AvgIpc) is 2.80. The molecule has 3 nitrogen and oxygen atoms in total. The van der Waals surface area contributed by atoms with E-state index in [1.165, 1.54) is 16.0 Å². The van der Waals surface area contributed by atoms with Crippen LogP contribution in [0.25, 0.3) is 0 Å². The van der Waals surface area contributed by atoms with Gasteiger partial charge < -0.3 is 5.32 Å². The molecule has 0 bridgehead atoms. The summed E-state index contributed by atoms with van der Waals surface area (Å²) in [6.45, 7) is 7.47. The highest BCUT2D eigenvalue weighted by Crippen LogP contribution is 2.22. The van der Waals surface area contributed by atoms with E-state index < -0.39 is 0 Å². The third kappa shape index (κ3) is 5.02. The molecular weight excluding hydrogens is 266 g/mol. The van der Waals surface area contributed by atoms with Crippen LogP contribution in [0, 0.1) is 0 Å². The highest BCUT2D eigenvalue weighted by molar-refractivity contribution is 7.98. The number of hydrogen-bond acceptors (Lipinski definition) is 3. The minimum absolute atomic E-state index is 0.160. The van der Waals surface area contributed by atoms with E-state index in [0.29, 0.717) is 0 Å². The molecule has 1 aromatic heterocycles. The van der Waals surface area contributed by atoms with E-state index in [2.05, 4.69) is 61.6 Å². The van der Waals surface area contributed by atoms with Crippen LogP contribution < -0.4 is 5.32 Å². The lowest BCUT2D eigenvalue weighted by molar-refractivity contribution is 0.424. The van der Waals surface area contributed by atoms with Crippen LogP contribution in [-0.4, -0.2) is 15.3 Å². The zero-order valence-electron chi connectivity index (χ0n) is 12.7. The molecule has 0 atom stereocenters. The summed E-state index contributed by atoms with van der Waals surface area (Å²) in [5, 5.41) is 7.69. The SMILES string of the molecule is Cn1cc(CSc2ccc(CNC(C)(C)C)cc2)cn1. The van der Waals surface area contributed by atoms with E-state index in [9.17, 15) is 0 Å². The van der Waals surface area contributed by atoms with Crippen molar-refractivity contribution in [3.8, 4) is 0 Å². The molecule has 0 radical (unpaired) electrons. The van der Waals surface area contributed by atoms with Gasteiger partial charge in [-0.15, -0.1) is 11.8 Å². The Kier molecular flexibility index (Phi) is 4.89. The second-order valence-corrected chi connectivity index (χ2v) is 7.11. The van der Waals surface area contributed by atoms with Crippen LogP contribution >= 0.6 is 11.8 Å². The van der Waals surface area contributed by atoms with Crippen LogP contribution in [-0.2, 0) is 19.3 Å². The molecule has 0 amide bonds. The van der Waals surface area contributed by atoms with Gasteiger partial charge in [0.2, 0.25) is 0 Å². The average molecular weight is 289 g/mol. The Morgan fingerprint density at radius 1 is 1.15 bits per heavy atom. The van der Waals surface area contributed by atoms with Gasteiger partial charge in [0.25, 0.3) is 0 Å². The van der Waals surface area contributed by atoms with Gasteiger partial charge in [-0.3, -0.25) is 4.68 Å². The predicted octanol–water partition coefficient (Wildman–Crippen LogP) is 3.60. The van der Waals surface area contributed by atoms with Crippen molar-refractivity contribution in [3.63, 3.8) is 0 Å². The Hall–Kier alpha value is -1.26. The fourth-order valence-electron chi connectivity index (χ4n) is 1.78. The van der Waals surface area contributed by atoms with Gasteiger partial charge in [-0.2, -0.15) is 5.10 Å². The number of hydrogen-bond donors (Lipinski definition) is 1. The Labute approximate surface area is 125 Å². The molecular formula is C16H23N3S. The summed E-state index contributed by atoms with van der Waals surface area (Å²) in [5.41, 5.74) is 2.75. The minimum atomic E-state index is 0.160. The topological polar surface area (TPSA) is 29.9 Å². The van der Waals surface area contributed by atoms with Gasteiger partial charge in [0, 0.05) is 41.5 Å². The third-order valence-corrected chi connectivity index (χ3v) is 3.99. The van der Waals surface area contributed by atoms with E-state index in [4.69, 9.17) is 0 Å². The number of thioether (sulfide) groups is 1. The quantitative estimate of drug-likeness (QED) is 0.853. The molecule has 2 rings (SSSR count). The van der Waals surface area contributed by atoms with Crippen molar-refractivity contribution in [3.05, 3.63) is 47.8 Å². The fraction of sp³-hybridized carbons (Fsp3) is 0.438. The van der Waals surface area contributed by atoms with E-state index in [0.717, 1.165) is 12.3 Å². The highest BCUT2D eigenvalue weighted by atomic mass is 32.2. The number of rotatable bonds is 5. The predicted molar refractivity (Wildman–Crippen MR) is 85.8 cm³/mol. The van der Waals surface area contributed by atoms with E-state index in [1.807, 2.05) is 29.7 Å². The minimum Gasteiger partial charge on any atom is -0.308 e. The summed E-state index contributed by atoms with van der Waals surface area (Å²) in [7, 11) is 1.95. The summed E-state index contributed by atoms with van der Waals surface area (Å²) in [4.78, 5) is 1.30. The van der Waals surface area contributed by atoms with Crippen molar-refractivity contribution in [2.24, 2.45) is 7.05 Å². The highest BCUT2D eigenvalue weighted by Gasteiger charge is 2.08. The Morgan fingerprint density at radius 3 is 2.40 bits per heavy atom. The second-order valence-electron chi connectivity index (χ2n) is 6.06. The zero-order valence-corrected chi connectivity index (χ0v) is 13.5. The lowest BCUT2D eigenvalue weighted by Gasteiger charge is -2.20. The molecule has 2 aromatic rings. The van der Waals surface area contributed by atoms with Gasteiger partial charge in [0.1, 0.15) is 0 Å².